The van der Waals surface area contributed by atoms with Crippen LogP contribution in [0.5, 0.6) is 0 Å². The van der Waals surface area contributed by atoms with E-state index in [9.17, 15) is 0 Å². The van der Waals surface area contributed by atoms with Crippen molar-refractivity contribution in [3.05, 3.63) is 54.0 Å². The number of hydrogen-bond donors (Lipinski definition) is 0. The smallest absolute Gasteiger partial charge is 0.178 e. The maximum absolute atomic E-state index is 5.97. The highest BCUT2D eigenvalue weighted by molar-refractivity contribution is 5.77. The maximum atomic E-state index is 5.97. The third-order valence-electron chi connectivity index (χ3n) is 4.20. The van der Waals surface area contributed by atoms with Crippen molar-refractivity contribution in [2.24, 2.45) is 0 Å². The highest BCUT2D eigenvalue weighted by atomic mass is 16.3. The van der Waals surface area contributed by atoms with Crippen molar-refractivity contribution >= 4 is 22.4 Å². The Hall–Kier alpha value is -2.89. The van der Waals surface area contributed by atoms with Crippen LogP contribution < -0.4 is 4.90 Å². The molecule has 0 saturated heterocycles. The predicted octanol–water partition coefficient (Wildman–Crippen LogP) is 3.38. The van der Waals surface area contributed by atoms with E-state index in [1.807, 2.05) is 44.3 Å². The minimum Gasteiger partial charge on any atom is -0.459 e. The first-order valence-electron chi connectivity index (χ1n) is 7.54. The summed E-state index contributed by atoms with van der Waals surface area (Å²) in [6, 6.07) is 14.0. The molecule has 1 unspecified atom stereocenters. The van der Waals surface area contributed by atoms with Crippen LogP contribution in [0.1, 0.15) is 24.6 Å². The molecule has 0 aliphatic heterocycles. The highest BCUT2D eigenvalue weighted by Crippen LogP contribution is 2.28. The number of benzene rings is 1. The second kappa shape index (κ2) is 5.08. The fourth-order valence-electron chi connectivity index (χ4n) is 2.67. The summed E-state index contributed by atoms with van der Waals surface area (Å²) >= 11 is 0. The van der Waals surface area contributed by atoms with Crippen molar-refractivity contribution in [1.82, 2.24) is 19.8 Å². The van der Waals surface area contributed by atoms with E-state index in [1.54, 1.807) is 4.52 Å². The van der Waals surface area contributed by atoms with Crippen LogP contribution in [-0.2, 0) is 0 Å². The van der Waals surface area contributed by atoms with E-state index >= 15 is 0 Å². The number of para-hydroxylation sites is 1. The number of furan rings is 1. The Kier molecular flexibility index (Phi) is 3.04. The Morgan fingerprint density at radius 2 is 1.96 bits per heavy atom. The van der Waals surface area contributed by atoms with Crippen LogP contribution in [-0.4, -0.2) is 26.9 Å². The number of aromatic nitrogens is 4. The summed E-state index contributed by atoms with van der Waals surface area (Å²) in [5.74, 6) is 2.52. The molecule has 6 heteroatoms. The molecule has 0 saturated carbocycles. The molecule has 3 heterocycles. The van der Waals surface area contributed by atoms with Gasteiger partial charge in [0.25, 0.3) is 0 Å². The van der Waals surface area contributed by atoms with Gasteiger partial charge in [-0.1, -0.05) is 18.2 Å². The molecule has 0 aliphatic carbocycles. The first kappa shape index (κ1) is 13.8. The van der Waals surface area contributed by atoms with Crippen molar-refractivity contribution in [3.63, 3.8) is 0 Å². The lowest BCUT2D eigenvalue weighted by Crippen LogP contribution is -2.23. The third kappa shape index (κ3) is 2.23. The van der Waals surface area contributed by atoms with Gasteiger partial charge in [0, 0.05) is 12.4 Å². The molecule has 1 atom stereocenters. The molecule has 0 N–H and O–H groups in total. The molecular weight excluding hydrogens is 290 g/mol. The predicted molar refractivity (Wildman–Crippen MR) is 88.6 cm³/mol. The number of aryl methyl sites for hydroxylation is 1. The molecule has 116 valence electrons. The van der Waals surface area contributed by atoms with Crippen LogP contribution in [0.25, 0.3) is 16.6 Å². The van der Waals surface area contributed by atoms with Gasteiger partial charge in [-0.2, -0.15) is 4.52 Å². The van der Waals surface area contributed by atoms with Crippen LogP contribution in [0.3, 0.4) is 0 Å². The summed E-state index contributed by atoms with van der Waals surface area (Å²) in [6.45, 7) is 3.99. The Bertz CT molecular complexity index is 954. The second-order valence-electron chi connectivity index (χ2n) is 5.68. The van der Waals surface area contributed by atoms with Gasteiger partial charge in [0.05, 0.1) is 6.04 Å². The minimum absolute atomic E-state index is 0.0594. The zero-order valence-corrected chi connectivity index (χ0v) is 13.3. The molecule has 3 aromatic heterocycles. The Morgan fingerprint density at radius 1 is 1.13 bits per heavy atom. The van der Waals surface area contributed by atoms with E-state index in [-0.39, 0.29) is 6.04 Å². The van der Waals surface area contributed by atoms with Gasteiger partial charge in [-0.25, -0.2) is 0 Å². The van der Waals surface area contributed by atoms with Crippen LogP contribution in [0.4, 0.5) is 5.82 Å². The van der Waals surface area contributed by atoms with Crippen LogP contribution >= 0.6 is 0 Å². The molecule has 6 nitrogen and oxygen atoms in total. The second-order valence-corrected chi connectivity index (χ2v) is 5.68. The van der Waals surface area contributed by atoms with E-state index in [2.05, 4.69) is 39.3 Å². The van der Waals surface area contributed by atoms with Gasteiger partial charge in [-0.15, -0.1) is 15.3 Å². The number of nitrogens with zero attached hydrogens (tertiary/aromatic N) is 5. The Labute approximate surface area is 133 Å². The van der Waals surface area contributed by atoms with Crippen molar-refractivity contribution in [2.45, 2.75) is 19.9 Å². The Balaban J connectivity index is 1.70. The third-order valence-corrected chi connectivity index (χ3v) is 4.20. The van der Waals surface area contributed by atoms with Gasteiger partial charge < -0.3 is 9.32 Å². The normalized spacial score (nSPS) is 12.8. The Morgan fingerprint density at radius 3 is 2.78 bits per heavy atom. The quantitative estimate of drug-likeness (QED) is 0.581. The van der Waals surface area contributed by atoms with Gasteiger partial charge >= 0.3 is 0 Å². The highest BCUT2D eigenvalue weighted by Gasteiger charge is 2.18. The zero-order chi connectivity index (χ0) is 16.0. The zero-order valence-electron chi connectivity index (χ0n) is 13.3. The van der Waals surface area contributed by atoms with E-state index in [0.717, 1.165) is 34.0 Å². The molecule has 23 heavy (non-hydrogen) atoms. The topological polar surface area (TPSA) is 59.5 Å². The summed E-state index contributed by atoms with van der Waals surface area (Å²) in [6.07, 6.45) is 0. The van der Waals surface area contributed by atoms with E-state index in [4.69, 9.17) is 4.42 Å². The fraction of sp³-hybridized carbons (Fsp3) is 0.235. The lowest BCUT2D eigenvalue weighted by atomic mass is 10.2. The van der Waals surface area contributed by atoms with Crippen LogP contribution in [0.15, 0.2) is 46.9 Å². The maximum Gasteiger partial charge on any atom is 0.178 e. The van der Waals surface area contributed by atoms with Crippen molar-refractivity contribution in [3.8, 4) is 0 Å². The lowest BCUT2D eigenvalue weighted by Gasteiger charge is -2.24. The largest absolute Gasteiger partial charge is 0.459 e. The average molecular weight is 307 g/mol. The number of hydrogen-bond acceptors (Lipinski definition) is 5. The average Bonchev–Trinajstić information content (AvgIpc) is 3.17. The standard InChI is InChI=1S/C17H17N5O/c1-11(15-10-13-6-4-5-7-14(13)23-15)21(3)17-9-8-16-19-18-12(2)22(16)20-17/h4-11H,1-3H3. The van der Waals surface area contributed by atoms with Gasteiger partial charge in [0.2, 0.25) is 0 Å². The monoisotopic (exact) mass is 307 g/mol. The van der Waals surface area contributed by atoms with Crippen LogP contribution in [0.2, 0.25) is 0 Å². The van der Waals surface area contributed by atoms with Crippen molar-refractivity contribution < 1.29 is 4.42 Å². The van der Waals surface area contributed by atoms with E-state index in [1.165, 1.54) is 0 Å². The number of rotatable bonds is 3. The molecule has 0 radical (unpaired) electrons. The SMILES string of the molecule is Cc1nnc2ccc(N(C)C(C)c3cc4ccccc4o3)nn12. The van der Waals surface area contributed by atoms with Crippen molar-refractivity contribution in [2.75, 3.05) is 11.9 Å². The van der Waals surface area contributed by atoms with Crippen molar-refractivity contribution in [1.29, 1.82) is 0 Å². The lowest BCUT2D eigenvalue weighted by molar-refractivity contribution is 0.499. The molecular formula is C17H17N5O. The summed E-state index contributed by atoms with van der Waals surface area (Å²) in [4.78, 5) is 2.08. The van der Waals surface area contributed by atoms with Crippen LogP contribution in [0, 0.1) is 6.92 Å². The molecule has 0 bridgehead atoms. The van der Waals surface area contributed by atoms with E-state index < -0.39 is 0 Å². The first-order valence-corrected chi connectivity index (χ1v) is 7.54. The molecule has 4 aromatic rings. The fourth-order valence-corrected chi connectivity index (χ4v) is 2.67. The summed E-state index contributed by atoms with van der Waals surface area (Å²) < 4.78 is 7.71. The van der Waals surface area contributed by atoms with Gasteiger partial charge in [-0.3, -0.25) is 0 Å². The number of fused-ring (bicyclic) bond motifs is 2. The molecule has 0 aliphatic rings. The van der Waals surface area contributed by atoms with Gasteiger partial charge in [0.1, 0.15) is 17.2 Å². The number of anilines is 1. The summed E-state index contributed by atoms with van der Waals surface area (Å²) in [5, 5.41) is 13.8. The van der Waals surface area contributed by atoms with Gasteiger partial charge in [-0.05, 0) is 38.1 Å². The molecule has 0 amide bonds. The molecule has 1 aromatic carbocycles. The minimum atomic E-state index is 0.0594. The molecule has 4 rings (SSSR count). The first-order chi connectivity index (χ1) is 11.1. The van der Waals surface area contributed by atoms with Gasteiger partial charge in [0.15, 0.2) is 11.5 Å². The molecule has 0 spiro atoms. The molecule has 0 fully saturated rings. The van der Waals surface area contributed by atoms with E-state index in [0.29, 0.717) is 0 Å². The summed E-state index contributed by atoms with van der Waals surface area (Å²) in [5.41, 5.74) is 1.65. The summed E-state index contributed by atoms with van der Waals surface area (Å²) in [7, 11) is 2.01.